The molecule has 3 heterocycles. The van der Waals surface area contributed by atoms with Crippen LogP contribution in [0.25, 0.3) is 10.2 Å². The number of rotatable bonds is 3. The summed E-state index contributed by atoms with van der Waals surface area (Å²) in [5, 5.41) is 0.542. The molecule has 25 heavy (non-hydrogen) atoms. The number of carbonyl (C=O) groups excluding carboxylic acids is 1. The van der Waals surface area contributed by atoms with Crippen molar-refractivity contribution in [1.29, 1.82) is 0 Å². The zero-order valence-corrected chi connectivity index (χ0v) is 15.5. The van der Waals surface area contributed by atoms with E-state index >= 15 is 0 Å². The molecule has 0 radical (unpaired) electrons. The second kappa shape index (κ2) is 6.76. The number of piperidine rings is 1. The third kappa shape index (κ3) is 3.55. The fourth-order valence-corrected chi connectivity index (χ4v) is 4.04. The van der Waals surface area contributed by atoms with Crippen LogP contribution in [0.3, 0.4) is 0 Å². The highest BCUT2D eigenvalue weighted by Crippen LogP contribution is 2.30. The lowest BCUT2D eigenvalue weighted by Crippen LogP contribution is -2.41. The van der Waals surface area contributed by atoms with E-state index in [0.717, 1.165) is 23.1 Å². The molecule has 5 nitrogen and oxygen atoms in total. The Morgan fingerprint density at radius 2 is 2.12 bits per heavy atom. The maximum Gasteiger partial charge on any atom is 0.289 e. The van der Waals surface area contributed by atoms with Gasteiger partial charge in [0.1, 0.15) is 11.9 Å². The number of hydrogen-bond donors (Lipinski definition) is 0. The van der Waals surface area contributed by atoms with Crippen molar-refractivity contribution in [2.75, 3.05) is 13.1 Å². The van der Waals surface area contributed by atoms with Crippen LogP contribution in [-0.4, -0.2) is 35.0 Å². The number of thiazole rings is 1. The maximum absolute atomic E-state index is 13.3. The molecule has 2 aromatic heterocycles. The van der Waals surface area contributed by atoms with Crippen LogP contribution in [0.4, 0.5) is 4.39 Å². The predicted molar refractivity (Wildman–Crippen MR) is 95.5 cm³/mol. The van der Waals surface area contributed by atoms with Crippen molar-refractivity contribution >= 4 is 43.4 Å². The minimum atomic E-state index is -0.279. The van der Waals surface area contributed by atoms with Gasteiger partial charge in [-0.3, -0.25) is 4.79 Å². The molecule has 0 atom stereocenters. The number of carbonyl (C=O) groups is 1. The van der Waals surface area contributed by atoms with Gasteiger partial charge in [-0.05, 0) is 46.3 Å². The van der Waals surface area contributed by atoms with Crippen molar-refractivity contribution in [2.24, 2.45) is 0 Å². The topological polar surface area (TPSA) is 55.6 Å². The SMILES string of the molecule is O=C(c1ccc(Br)o1)N1CCC(Oc2nc3ccc(F)cc3s2)CC1. The Bertz CT molecular complexity index is 918. The van der Waals surface area contributed by atoms with Crippen molar-refractivity contribution in [1.82, 2.24) is 9.88 Å². The normalized spacial score (nSPS) is 15.7. The smallest absolute Gasteiger partial charge is 0.289 e. The van der Waals surface area contributed by atoms with Crippen LogP contribution in [0.1, 0.15) is 23.4 Å². The van der Waals surface area contributed by atoms with Gasteiger partial charge in [0.2, 0.25) is 0 Å². The predicted octanol–water partition coefficient (Wildman–Crippen LogP) is 4.47. The second-order valence-electron chi connectivity index (χ2n) is 5.80. The summed E-state index contributed by atoms with van der Waals surface area (Å²) in [6, 6.07) is 7.87. The summed E-state index contributed by atoms with van der Waals surface area (Å²) in [6.07, 6.45) is 1.44. The van der Waals surface area contributed by atoms with E-state index in [0.29, 0.717) is 28.7 Å². The molecule has 0 saturated carbocycles. The highest BCUT2D eigenvalue weighted by atomic mass is 79.9. The Hall–Kier alpha value is -1.93. The lowest BCUT2D eigenvalue weighted by atomic mass is 10.1. The van der Waals surface area contributed by atoms with Crippen LogP contribution in [-0.2, 0) is 0 Å². The van der Waals surface area contributed by atoms with Gasteiger partial charge in [0, 0.05) is 25.9 Å². The molecule has 0 unspecified atom stereocenters. The number of fused-ring (bicyclic) bond motifs is 1. The minimum Gasteiger partial charge on any atom is -0.467 e. The molecular formula is C17H14BrFN2O3S. The van der Waals surface area contributed by atoms with Crippen molar-refractivity contribution in [2.45, 2.75) is 18.9 Å². The highest BCUT2D eigenvalue weighted by molar-refractivity contribution is 9.10. The standard InChI is InChI=1S/C17H14BrFN2O3S/c18-15-4-3-13(24-15)16(22)21-7-5-11(6-8-21)23-17-20-12-2-1-10(19)9-14(12)25-17/h1-4,9,11H,5-8H2. The van der Waals surface area contributed by atoms with Crippen molar-refractivity contribution < 1.29 is 18.3 Å². The number of aromatic nitrogens is 1. The minimum absolute atomic E-state index is 0.00204. The molecule has 0 aliphatic carbocycles. The first-order chi connectivity index (χ1) is 12.1. The Morgan fingerprint density at radius 3 is 2.84 bits per heavy atom. The Morgan fingerprint density at radius 1 is 1.32 bits per heavy atom. The molecule has 1 saturated heterocycles. The second-order valence-corrected chi connectivity index (χ2v) is 7.58. The number of hydrogen-bond acceptors (Lipinski definition) is 5. The highest BCUT2D eigenvalue weighted by Gasteiger charge is 2.27. The lowest BCUT2D eigenvalue weighted by Gasteiger charge is -2.31. The lowest BCUT2D eigenvalue weighted by molar-refractivity contribution is 0.0565. The van der Waals surface area contributed by atoms with Gasteiger partial charge in [-0.1, -0.05) is 11.3 Å². The molecule has 130 valence electrons. The number of halogens is 2. The van der Waals surface area contributed by atoms with Crippen LogP contribution in [0.5, 0.6) is 5.19 Å². The number of likely N-dealkylation sites (tertiary alicyclic amines) is 1. The number of amides is 1. The Balaban J connectivity index is 1.37. The van der Waals surface area contributed by atoms with E-state index in [-0.39, 0.29) is 17.8 Å². The van der Waals surface area contributed by atoms with Gasteiger partial charge in [-0.2, -0.15) is 0 Å². The number of ether oxygens (including phenoxy) is 1. The summed E-state index contributed by atoms with van der Waals surface area (Å²) in [7, 11) is 0. The first kappa shape index (κ1) is 16.5. The van der Waals surface area contributed by atoms with E-state index in [1.54, 1.807) is 23.1 Å². The number of nitrogens with zero attached hydrogens (tertiary/aromatic N) is 2. The summed E-state index contributed by atoms with van der Waals surface area (Å²) < 4.78 is 25.8. The largest absolute Gasteiger partial charge is 0.467 e. The monoisotopic (exact) mass is 424 g/mol. The van der Waals surface area contributed by atoms with Gasteiger partial charge >= 0.3 is 0 Å². The Labute approximate surface area is 155 Å². The van der Waals surface area contributed by atoms with E-state index in [1.165, 1.54) is 23.5 Å². The summed E-state index contributed by atoms with van der Waals surface area (Å²) in [6.45, 7) is 1.20. The zero-order chi connectivity index (χ0) is 17.4. The average molecular weight is 425 g/mol. The van der Waals surface area contributed by atoms with Gasteiger partial charge in [-0.15, -0.1) is 0 Å². The van der Waals surface area contributed by atoms with Gasteiger partial charge in [0.15, 0.2) is 10.4 Å². The molecule has 3 aromatic rings. The van der Waals surface area contributed by atoms with Crippen LogP contribution in [0, 0.1) is 5.82 Å². The zero-order valence-electron chi connectivity index (χ0n) is 13.1. The van der Waals surface area contributed by atoms with Crippen molar-refractivity contribution in [3.05, 3.63) is 46.6 Å². The fraction of sp³-hybridized carbons (Fsp3) is 0.294. The summed E-state index contributed by atoms with van der Waals surface area (Å²) >= 11 is 4.54. The van der Waals surface area contributed by atoms with Gasteiger partial charge < -0.3 is 14.1 Å². The third-order valence-electron chi connectivity index (χ3n) is 4.11. The molecule has 0 bridgehead atoms. The molecule has 4 rings (SSSR count). The van der Waals surface area contributed by atoms with Gasteiger partial charge in [-0.25, -0.2) is 9.37 Å². The van der Waals surface area contributed by atoms with Gasteiger partial charge in [0.25, 0.3) is 11.1 Å². The van der Waals surface area contributed by atoms with Gasteiger partial charge in [0.05, 0.1) is 10.2 Å². The molecule has 0 N–H and O–H groups in total. The molecule has 1 fully saturated rings. The third-order valence-corrected chi connectivity index (χ3v) is 5.45. The number of benzene rings is 1. The molecule has 0 spiro atoms. The molecule has 1 amide bonds. The van der Waals surface area contributed by atoms with Crippen LogP contribution < -0.4 is 4.74 Å². The first-order valence-corrected chi connectivity index (χ1v) is 9.47. The van der Waals surface area contributed by atoms with E-state index in [2.05, 4.69) is 20.9 Å². The summed E-state index contributed by atoms with van der Waals surface area (Å²) in [4.78, 5) is 18.5. The van der Waals surface area contributed by atoms with Crippen LogP contribution in [0.2, 0.25) is 0 Å². The number of furan rings is 1. The molecular weight excluding hydrogens is 411 g/mol. The van der Waals surface area contributed by atoms with E-state index < -0.39 is 0 Å². The summed E-state index contributed by atoms with van der Waals surface area (Å²) in [5.74, 6) is -0.0573. The molecule has 8 heteroatoms. The molecule has 1 aliphatic rings. The summed E-state index contributed by atoms with van der Waals surface area (Å²) in [5.41, 5.74) is 0.734. The Kier molecular flexibility index (Phi) is 4.47. The fourth-order valence-electron chi connectivity index (χ4n) is 2.83. The van der Waals surface area contributed by atoms with E-state index in [9.17, 15) is 9.18 Å². The molecule has 1 aromatic carbocycles. The van der Waals surface area contributed by atoms with Crippen LogP contribution in [0.15, 0.2) is 39.4 Å². The van der Waals surface area contributed by atoms with Crippen molar-refractivity contribution in [3.63, 3.8) is 0 Å². The maximum atomic E-state index is 13.3. The first-order valence-electron chi connectivity index (χ1n) is 7.86. The molecule has 1 aliphatic heterocycles. The van der Waals surface area contributed by atoms with Crippen LogP contribution >= 0.6 is 27.3 Å². The van der Waals surface area contributed by atoms with E-state index in [1.807, 2.05) is 0 Å². The van der Waals surface area contributed by atoms with Crippen molar-refractivity contribution in [3.8, 4) is 5.19 Å². The van der Waals surface area contributed by atoms with E-state index in [4.69, 9.17) is 9.15 Å². The quantitative estimate of drug-likeness (QED) is 0.621. The average Bonchev–Trinajstić information content (AvgIpc) is 3.20.